The van der Waals surface area contributed by atoms with Gasteiger partial charge in [-0.3, -0.25) is 13.8 Å². The Morgan fingerprint density at radius 2 is 1.33 bits per heavy atom. The number of hydrogen-bond acceptors (Lipinski definition) is 6. The topological polar surface area (TPSA) is 102 Å². The van der Waals surface area contributed by atoms with Gasteiger partial charge in [0, 0.05) is 6.42 Å². The van der Waals surface area contributed by atoms with E-state index < -0.39 is 26.5 Å². The van der Waals surface area contributed by atoms with Crippen molar-refractivity contribution in [2.75, 3.05) is 47.5 Å². The number of aliphatic hydroxyl groups is 1. The number of carbonyl (C=O) groups excluding carboxylic acids is 1. The first-order valence-electron chi connectivity index (χ1n) is 14.1. The molecule has 0 spiro atoms. The summed E-state index contributed by atoms with van der Waals surface area (Å²) in [6.07, 6.45) is 29.4. The highest BCUT2D eigenvalue weighted by Crippen LogP contribution is 2.43. The fourth-order valence-electron chi connectivity index (χ4n) is 3.03. The molecule has 1 unspecified atom stereocenters. The largest absolute Gasteiger partial charge is 0.472 e. The molecule has 0 amide bonds. The van der Waals surface area contributed by atoms with Crippen molar-refractivity contribution < 1.29 is 37.6 Å². The predicted octanol–water partition coefficient (Wildman–Crippen LogP) is 6.43. The average Bonchev–Trinajstić information content (AvgIpc) is 2.86. The summed E-state index contributed by atoms with van der Waals surface area (Å²) in [6, 6.07) is 0. The van der Waals surface area contributed by atoms with Gasteiger partial charge in [0.05, 0.1) is 27.7 Å². The van der Waals surface area contributed by atoms with Crippen LogP contribution in [0.25, 0.3) is 0 Å². The Kier molecular flexibility index (Phi) is 22.9. The van der Waals surface area contributed by atoms with Crippen molar-refractivity contribution >= 4 is 13.8 Å². The monoisotopic (exact) mass is 570 g/mol. The number of rotatable bonds is 24. The first-order valence-corrected chi connectivity index (χ1v) is 15.6. The number of hydrogen-bond donors (Lipinski definition) is 2. The number of aliphatic hydroxyl groups excluding tert-OH is 1. The number of unbranched alkanes of at least 4 members (excludes halogenated alkanes) is 3. The zero-order chi connectivity index (χ0) is 29.2. The minimum atomic E-state index is -4.26. The number of phosphoric acid groups is 1. The van der Waals surface area contributed by atoms with Crippen LogP contribution >= 0.6 is 7.82 Å². The van der Waals surface area contributed by atoms with E-state index in [1.54, 1.807) is 0 Å². The molecule has 8 nitrogen and oxygen atoms in total. The fraction of sp³-hybridized carbons (Fsp3) is 0.633. The summed E-state index contributed by atoms with van der Waals surface area (Å²) < 4.78 is 27.0. The van der Waals surface area contributed by atoms with Crippen LogP contribution in [0.5, 0.6) is 0 Å². The molecule has 9 heteroatoms. The molecule has 0 aromatic heterocycles. The van der Waals surface area contributed by atoms with E-state index in [0.29, 0.717) is 17.4 Å². The second-order valence-electron chi connectivity index (χ2n) is 10.3. The van der Waals surface area contributed by atoms with E-state index in [0.717, 1.165) is 51.4 Å². The van der Waals surface area contributed by atoms with Crippen LogP contribution in [0.2, 0.25) is 0 Å². The number of esters is 1. The molecule has 0 fully saturated rings. The Balaban J connectivity index is 3.71. The molecule has 0 aromatic rings. The van der Waals surface area contributed by atoms with Crippen molar-refractivity contribution in [2.24, 2.45) is 0 Å². The Morgan fingerprint density at radius 1 is 0.795 bits per heavy atom. The maximum atomic E-state index is 11.8. The predicted molar refractivity (Wildman–Crippen MR) is 159 cm³/mol. The van der Waals surface area contributed by atoms with Crippen molar-refractivity contribution in [1.29, 1.82) is 0 Å². The van der Waals surface area contributed by atoms with Gasteiger partial charge in [0.25, 0.3) is 0 Å². The summed E-state index contributed by atoms with van der Waals surface area (Å²) in [7, 11) is 1.53. The molecular formula is C30H53NO7P+. The van der Waals surface area contributed by atoms with Gasteiger partial charge in [-0.1, -0.05) is 74.1 Å². The number of allylic oxidation sites excluding steroid dienone is 10. The highest BCUT2D eigenvalue weighted by Gasteiger charge is 2.24. The molecule has 0 radical (unpaired) electrons. The molecule has 0 rings (SSSR count). The number of phosphoric ester groups is 1. The van der Waals surface area contributed by atoms with E-state index in [-0.39, 0.29) is 19.6 Å². The Labute approximate surface area is 236 Å². The number of ether oxygens (including phenoxy) is 1. The van der Waals surface area contributed by atoms with Crippen LogP contribution in [0.15, 0.2) is 60.8 Å². The van der Waals surface area contributed by atoms with Gasteiger partial charge in [-0.2, -0.15) is 0 Å². The van der Waals surface area contributed by atoms with Crippen molar-refractivity contribution in [2.45, 2.75) is 77.2 Å². The molecule has 224 valence electrons. The van der Waals surface area contributed by atoms with Crippen molar-refractivity contribution in [1.82, 2.24) is 0 Å². The van der Waals surface area contributed by atoms with Crippen LogP contribution in [0.4, 0.5) is 0 Å². The van der Waals surface area contributed by atoms with E-state index in [1.165, 1.54) is 0 Å². The summed E-state index contributed by atoms with van der Waals surface area (Å²) in [4.78, 5) is 21.5. The molecule has 0 heterocycles. The number of quaternary nitrogens is 1. The molecule has 0 aliphatic rings. The molecule has 0 bridgehead atoms. The molecular weight excluding hydrogens is 517 g/mol. The third-order valence-corrected chi connectivity index (χ3v) is 6.28. The lowest BCUT2D eigenvalue weighted by Gasteiger charge is -2.24. The SMILES string of the molecule is CC/C=C\C/C=C\C/C=C\C/C=C\C/C=C\CCCCCC(=O)OC[C@@H](O)COP(=O)(O)OCC[N+](C)(C)C. The minimum Gasteiger partial charge on any atom is -0.463 e. The second kappa shape index (κ2) is 24.0. The summed E-state index contributed by atoms with van der Waals surface area (Å²) >= 11 is 0. The van der Waals surface area contributed by atoms with Gasteiger partial charge in [0.15, 0.2) is 0 Å². The minimum absolute atomic E-state index is 0.0451. The molecule has 2 N–H and O–H groups in total. The first-order chi connectivity index (χ1) is 18.6. The zero-order valence-electron chi connectivity index (χ0n) is 24.6. The molecule has 0 saturated heterocycles. The number of likely N-dealkylation sites (N-methyl/N-ethyl adjacent to an activating group) is 1. The first kappa shape index (κ1) is 37.2. The Bertz CT molecular complexity index is 813. The maximum Gasteiger partial charge on any atom is 0.472 e. The van der Waals surface area contributed by atoms with Crippen LogP contribution in [-0.4, -0.2) is 74.1 Å². The van der Waals surface area contributed by atoms with E-state index in [1.807, 2.05) is 21.1 Å². The number of carbonyl (C=O) groups is 1. The molecule has 39 heavy (non-hydrogen) atoms. The maximum absolute atomic E-state index is 11.8. The van der Waals surface area contributed by atoms with Crippen LogP contribution in [0.1, 0.15) is 71.1 Å². The third kappa shape index (κ3) is 29.0. The van der Waals surface area contributed by atoms with Gasteiger partial charge in [0.2, 0.25) is 0 Å². The van der Waals surface area contributed by atoms with Crippen LogP contribution in [0, 0.1) is 0 Å². The lowest BCUT2D eigenvalue weighted by molar-refractivity contribution is -0.870. The molecule has 0 aliphatic heterocycles. The van der Waals surface area contributed by atoms with Crippen LogP contribution < -0.4 is 0 Å². The number of nitrogens with zero attached hydrogens (tertiary/aromatic N) is 1. The lowest BCUT2D eigenvalue weighted by atomic mass is 10.1. The Morgan fingerprint density at radius 3 is 1.87 bits per heavy atom. The molecule has 0 aromatic carbocycles. The fourth-order valence-corrected chi connectivity index (χ4v) is 3.78. The van der Waals surface area contributed by atoms with Crippen LogP contribution in [0.3, 0.4) is 0 Å². The zero-order valence-corrected chi connectivity index (χ0v) is 25.5. The van der Waals surface area contributed by atoms with Gasteiger partial charge < -0.3 is 19.2 Å². The van der Waals surface area contributed by atoms with Gasteiger partial charge >= 0.3 is 13.8 Å². The van der Waals surface area contributed by atoms with Gasteiger partial charge in [-0.15, -0.1) is 0 Å². The van der Waals surface area contributed by atoms with Crippen molar-refractivity contribution in [3.8, 4) is 0 Å². The average molecular weight is 571 g/mol. The Hall–Kier alpha value is -1.80. The highest BCUT2D eigenvalue weighted by molar-refractivity contribution is 7.47. The van der Waals surface area contributed by atoms with Crippen molar-refractivity contribution in [3.63, 3.8) is 0 Å². The second-order valence-corrected chi connectivity index (χ2v) is 11.7. The smallest absolute Gasteiger partial charge is 0.463 e. The lowest BCUT2D eigenvalue weighted by Crippen LogP contribution is -2.37. The van der Waals surface area contributed by atoms with Crippen molar-refractivity contribution in [3.05, 3.63) is 60.8 Å². The summed E-state index contributed by atoms with van der Waals surface area (Å²) in [6.45, 7) is 1.96. The summed E-state index contributed by atoms with van der Waals surface area (Å²) in [5.41, 5.74) is 0. The summed E-state index contributed by atoms with van der Waals surface area (Å²) in [5.74, 6) is -0.407. The standard InChI is InChI=1S/C30H52NO7P/c1-5-6-7-8-9-10-11-12-13-14-15-16-17-18-19-20-21-22-23-24-30(33)36-27-29(32)28-38-39(34,35)37-26-25-31(2,3)4/h6-7,9-10,12-13,15-16,18-19,29,32H,5,8,11,14,17,20-28H2,1-4H3/p+1/b7-6-,10-9-,13-12-,16-15-,19-18-/t29-/m1/s1. The van der Waals surface area contributed by atoms with E-state index in [2.05, 4.69) is 67.7 Å². The van der Waals surface area contributed by atoms with Gasteiger partial charge in [0.1, 0.15) is 25.9 Å². The van der Waals surface area contributed by atoms with Crippen LogP contribution in [-0.2, 0) is 23.1 Å². The van der Waals surface area contributed by atoms with Gasteiger partial charge in [-0.05, 0) is 51.4 Å². The normalized spacial score (nSPS) is 15.3. The summed E-state index contributed by atoms with van der Waals surface area (Å²) in [5, 5.41) is 9.84. The van der Waals surface area contributed by atoms with Gasteiger partial charge in [-0.25, -0.2) is 4.57 Å². The van der Waals surface area contributed by atoms with E-state index >= 15 is 0 Å². The van der Waals surface area contributed by atoms with E-state index in [4.69, 9.17) is 13.8 Å². The highest BCUT2D eigenvalue weighted by atomic mass is 31.2. The third-order valence-electron chi connectivity index (χ3n) is 5.29. The molecule has 0 aliphatic carbocycles. The van der Waals surface area contributed by atoms with E-state index in [9.17, 15) is 19.4 Å². The quantitative estimate of drug-likeness (QED) is 0.0453. The molecule has 2 atom stereocenters. The molecule has 0 saturated carbocycles.